The van der Waals surface area contributed by atoms with Gasteiger partial charge in [0, 0.05) is 39.6 Å². The molecule has 3 rings (SSSR count). The SMILES string of the molecule is Cc1c(S(=O)(=O)NCO[P+](=O)Oc2ccc(C#N)c(F)c2)sc2cc(OCCC[NH3+])c(OCCC[NH3+])cc12.O=C([O-])C(F)(F)F.O=C([O-])C(F)(F)F. The first-order valence-corrected chi connectivity index (χ1v) is 17.4. The Morgan fingerprint density at radius 3 is 1.90 bits per heavy atom. The average Bonchev–Trinajstić information content (AvgIpc) is 3.36. The molecule has 2 aromatic carbocycles. The van der Waals surface area contributed by atoms with Crippen LogP contribution in [-0.4, -0.2) is 65.7 Å². The summed E-state index contributed by atoms with van der Waals surface area (Å²) in [4.78, 5) is 17.6. The molecule has 1 aromatic heterocycles. The number of sulfonamides is 1. The molecule has 7 N–H and O–H groups in total. The number of aliphatic carboxylic acids is 2. The molecular weight excluding hydrogens is 784 g/mol. The van der Waals surface area contributed by atoms with Crippen molar-refractivity contribution >= 4 is 51.6 Å². The molecule has 0 spiro atoms. The molecule has 0 saturated carbocycles. The van der Waals surface area contributed by atoms with Crippen LogP contribution in [0.25, 0.3) is 10.1 Å². The van der Waals surface area contributed by atoms with E-state index in [0.717, 1.165) is 42.9 Å². The third-order valence-corrected chi connectivity index (χ3v) is 9.58. The Balaban J connectivity index is 0.000000812. The number of thiophene rings is 1. The van der Waals surface area contributed by atoms with Gasteiger partial charge in [-0.05, 0) is 30.7 Å². The average molecular weight is 814 g/mol. The van der Waals surface area contributed by atoms with Crippen molar-refractivity contribution in [3.63, 3.8) is 0 Å². The third-order valence-electron chi connectivity index (χ3n) is 5.63. The zero-order valence-corrected chi connectivity index (χ0v) is 29.1. The molecule has 1 heterocycles. The number of ether oxygens (including phenoxy) is 2. The van der Waals surface area contributed by atoms with Gasteiger partial charge >= 0.3 is 20.6 Å². The highest BCUT2D eigenvalue weighted by atomic mass is 32.2. The molecule has 0 fully saturated rings. The number of aryl methyl sites for hydroxylation is 1. The fraction of sp³-hybridized carbons (Fsp3) is 0.370. The molecule has 52 heavy (non-hydrogen) atoms. The van der Waals surface area contributed by atoms with E-state index < -0.39 is 55.1 Å². The maximum Gasteiger partial charge on any atom is 0.751 e. The number of hydrogen-bond donors (Lipinski definition) is 3. The van der Waals surface area contributed by atoms with Crippen molar-refractivity contribution in [1.82, 2.24) is 4.72 Å². The Bertz CT molecular complexity index is 1830. The number of nitrogens with one attached hydrogen (secondary N) is 1. The summed E-state index contributed by atoms with van der Waals surface area (Å²) in [7, 11) is -6.86. The number of carboxylic acids is 2. The second kappa shape index (κ2) is 20.6. The molecule has 0 saturated heterocycles. The van der Waals surface area contributed by atoms with Crippen LogP contribution in [0.2, 0.25) is 0 Å². The number of halogens is 7. The van der Waals surface area contributed by atoms with Crippen molar-refractivity contribution in [1.29, 1.82) is 5.26 Å². The minimum atomic E-state index is -5.19. The van der Waals surface area contributed by atoms with Crippen LogP contribution in [0.4, 0.5) is 30.7 Å². The number of fused-ring (bicyclic) bond motifs is 1. The van der Waals surface area contributed by atoms with Gasteiger partial charge in [0.1, 0.15) is 28.0 Å². The minimum Gasteiger partial charge on any atom is -0.542 e. The van der Waals surface area contributed by atoms with Gasteiger partial charge in [-0.2, -0.15) is 36.3 Å². The number of nitrogens with zero attached hydrogens (tertiary/aromatic N) is 1. The summed E-state index contributed by atoms with van der Waals surface area (Å²) < 4.78 is 139. The van der Waals surface area contributed by atoms with Crippen LogP contribution >= 0.6 is 19.6 Å². The summed E-state index contributed by atoms with van der Waals surface area (Å²) in [6.07, 6.45) is -8.87. The monoisotopic (exact) mass is 813 g/mol. The van der Waals surface area contributed by atoms with E-state index >= 15 is 0 Å². The van der Waals surface area contributed by atoms with Gasteiger partial charge in [-0.3, -0.25) is 0 Å². The number of quaternary nitrogens is 2. The summed E-state index contributed by atoms with van der Waals surface area (Å²) in [6.45, 7) is 3.36. The number of carboxylic acid groups (broad SMARTS) is 2. The number of rotatable bonds is 15. The number of carbonyl (C=O) groups excluding carboxylic acids is 2. The summed E-state index contributed by atoms with van der Waals surface area (Å²) in [5.74, 6) is -5.96. The second-order valence-corrected chi connectivity index (χ2v) is 13.4. The van der Waals surface area contributed by atoms with Crippen molar-refractivity contribution in [2.24, 2.45) is 0 Å². The Hall–Kier alpha value is -4.37. The molecule has 3 aromatic rings. The molecular formula is C27H29F7N4O11PS2+. The lowest BCUT2D eigenvalue weighted by Gasteiger charge is -2.12. The maximum atomic E-state index is 13.7. The van der Waals surface area contributed by atoms with E-state index in [1.807, 2.05) is 0 Å². The van der Waals surface area contributed by atoms with E-state index in [0.29, 0.717) is 46.9 Å². The zero-order valence-electron chi connectivity index (χ0n) is 26.6. The van der Waals surface area contributed by atoms with E-state index in [2.05, 4.69) is 16.2 Å². The lowest BCUT2D eigenvalue weighted by Crippen LogP contribution is -2.50. The van der Waals surface area contributed by atoms with Crippen LogP contribution < -0.4 is 40.4 Å². The van der Waals surface area contributed by atoms with Gasteiger partial charge in [-0.15, -0.1) is 11.3 Å². The molecule has 288 valence electrons. The standard InChI is InChI=1S/C23H27FN4O7PS2.2C2HF3O2/c1-15-18-11-20(32-8-2-6-25)21(33-9-3-7-26)12-22(18)37-23(15)38(30,31)28-14-34-36(29)35-17-5-4-16(13-27)19(24)10-17;2*3-2(4,5)1(6)7/h4-5,10-12,28H,2-3,6-9,14,25-26H2,1H3;2*(H,6,7)/q+1;;. The topological polar surface area (TPSA) is 259 Å². The normalized spacial score (nSPS) is 11.7. The molecule has 15 nitrogen and oxygen atoms in total. The molecule has 1 unspecified atom stereocenters. The number of hydrogen-bond acceptors (Lipinski definition) is 13. The van der Waals surface area contributed by atoms with Crippen LogP contribution in [0.15, 0.2) is 34.5 Å². The number of nitriles is 1. The molecule has 0 amide bonds. The van der Waals surface area contributed by atoms with Crippen LogP contribution in [-0.2, 0) is 28.7 Å². The summed E-state index contributed by atoms with van der Waals surface area (Å²) in [5, 5.41) is 27.0. The third kappa shape index (κ3) is 15.1. The van der Waals surface area contributed by atoms with Gasteiger partial charge < -0.3 is 40.7 Å². The van der Waals surface area contributed by atoms with E-state index in [4.69, 9.17) is 43.6 Å². The Kier molecular flexibility index (Phi) is 18.1. The molecule has 1 atom stereocenters. The molecule has 0 aliphatic rings. The number of carbonyl (C=O) groups is 2. The number of alkyl halides is 6. The van der Waals surface area contributed by atoms with Crippen LogP contribution in [0.3, 0.4) is 0 Å². The Labute approximate surface area is 294 Å². The smallest absolute Gasteiger partial charge is 0.542 e. The van der Waals surface area contributed by atoms with E-state index in [9.17, 15) is 43.7 Å². The van der Waals surface area contributed by atoms with Crippen LogP contribution in [0.1, 0.15) is 24.0 Å². The number of benzene rings is 2. The van der Waals surface area contributed by atoms with E-state index in [1.54, 1.807) is 25.1 Å². The lowest BCUT2D eigenvalue weighted by molar-refractivity contribution is -0.369. The van der Waals surface area contributed by atoms with Crippen LogP contribution in [0.5, 0.6) is 17.2 Å². The highest BCUT2D eigenvalue weighted by Gasteiger charge is 2.30. The van der Waals surface area contributed by atoms with Crippen molar-refractivity contribution in [2.75, 3.05) is 33.0 Å². The highest BCUT2D eigenvalue weighted by molar-refractivity contribution is 7.91. The second-order valence-electron chi connectivity index (χ2n) is 9.48. The fourth-order valence-electron chi connectivity index (χ4n) is 3.23. The van der Waals surface area contributed by atoms with Gasteiger partial charge in [0.05, 0.1) is 31.9 Å². The Morgan fingerprint density at radius 2 is 1.46 bits per heavy atom. The summed E-state index contributed by atoms with van der Waals surface area (Å²) in [6, 6.07) is 8.47. The molecule has 25 heteroatoms. The predicted molar refractivity (Wildman–Crippen MR) is 160 cm³/mol. The highest BCUT2D eigenvalue weighted by Crippen LogP contribution is 2.41. The lowest BCUT2D eigenvalue weighted by atomic mass is 10.2. The molecule has 0 aliphatic heterocycles. The first kappa shape index (κ1) is 45.7. The first-order chi connectivity index (χ1) is 24.1. The van der Waals surface area contributed by atoms with Gasteiger partial charge in [0.2, 0.25) is 0 Å². The van der Waals surface area contributed by atoms with Gasteiger partial charge in [-0.1, -0.05) is 4.52 Å². The minimum absolute atomic E-state index is 0.0556. The van der Waals surface area contributed by atoms with Crippen molar-refractivity contribution in [3.05, 3.63) is 47.3 Å². The van der Waals surface area contributed by atoms with Crippen molar-refractivity contribution in [2.45, 2.75) is 36.3 Å². The van der Waals surface area contributed by atoms with Gasteiger partial charge in [0.25, 0.3) is 10.0 Å². The summed E-state index contributed by atoms with van der Waals surface area (Å²) in [5.41, 5.74) is 7.93. The van der Waals surface area contributed by atoms with Crippen molar-refractivity contribution < 1.29 is 93.5 Å². The van der Waals surface area contributed by atoms with E-state index in [-0.39, 0.29) is 15.5 Å². The molecule has 0 aliphatic carbocycles. The quantitative estimate of drug-likeness (QED) is 0.0835. The van der Waals surface area contributed by atoms with Crippen molar-refractivity contribution in [3.8, 4) is 23.3 Å². The van der Waals surface area contributed by atoms with Gasteiger partial charge in [0.15, 0.2) is 24.0 Å². The fourth-order valence-corrected chi connectivity index (χ4v) is 6.52. The Morgan fingerprint density at radius 1 is 0.962 bits per heavy atom. The summed E-state index contributed by atoms with van der Waals surface area (Å²) >= 11 is 1.05. The first-order valence-electron chi connectivity index (χ1n) is 14.0. The van der Waals surface area contributed by atoms with Gasteiger partial charge in [-0.25, -0.2) is 17.3 Å². The molecule has 0 bridgehead atoms. The maximum absolute atomic E-state index is 13.7. The zero-order chi connectivity index (χ0) is 39.9. The predicted octanol–water partition coefficient (Wildman–Crippen LogP) is 0.828. The molecule has 0 radical (unpaired) electrons. The van der Waals surface area contributed by atoms with E-state index in [1.165, 1.54) is 6.07 Å². The van der Waals surface area contributed by atoms with Crippen LogP contribution in [0, 0.1) is 24.1 Å². The largest absolute Gasteiger partial charge is 0.751 e.